The molecule has 0 radical (unpaired) electrons. The van der Waals surface area contributed by atoms with Gasteiger partial charge in [-0.1, -0.05) is 47.5 Å². The first-order valence-corrected chi connectivity index (χ1v) is 15.0. The Morgan fingerprint density at radius 3 is 2.05 bits per heavy atom. The van der Waals surface area contributed by atoms with Gasteiger partial charge in [0.05, 0.1) is 37.7 Å². The molecule has 1 amide bonds. The number of nitrogens with one attached hydrogen (secondary N) is 1. The summed E-state index contributed by atoms with van der Waals surface area (Å²) in [5.41, 5.74) is 2.60. The van der Waals surface area contributed by atoms with Crippen LogP contribution < -0.4 is 14.4 Å². The standard InChI is InChI=1S/C28H31Cl2N3O5S/c1-18(17-34)31-28(35)21-12-24(14-26(13-21)38-2)33(39(3,36)37)25-15-32(16-25)27(19-4-8-22(29)9-5-19)20-6-10-23(30)11-7-20/h4-14,18,25,27,34H,15-17H2,1-3H3,(H,31,35)/t18-/m0/s1. The highest BCUT2D eigenvalue weighted by atomic mass is 35.5. The van der Waals surface area contributed by atoms with Gasteiger partial charge in [-0.05, 0) is 54.4 Å². The molecule has 0 saturated carbocycles. The smallest absolute Gasteiger partial charge is 0.251 e. The third-order valence-electron chi connectivity index (χ3n) is 6.61. The first kappa shape index (κ1) is 29.2. The number of hydrogen-bond acceptors (Lipinski definition) is 6. The molecular formula is C28H31Cl2N3O5S. The summed E-state index contributed by atoms with van der Waals surface area (Å²) in [5.74, 6) is -0.0923. The molecule has 0 bridgehead atoms. The first-order chi connectivity index (χ1) is 18.5. The third kappa shape index (κ3) is 6.85. The summed E-state index contributed by atoms with van der Waals surface area (Å²) in [5, 5.41) is 13.3. The van der Waals surface area contributed by atoms with Gasteiger partial charge in [-0.15, -0.1) is 0 Å². The molecule has 1 fully saturated rings. The van der Waals surface area contributed by atoms with Gasteiger partial charge in [-0.2, -0.15) is 0 Å². The minimum absolute atomic E-state index is 0.135. The van der Waals surface area contributed by atoms with Gasteiger partial charge >= 0.3 is 0 Å². The SMILES string of the molecule is COc1cc(C(=O)N[C@@H](C)CO)cc(N(C2CN(C(c3ccc(Cl)cc3)c3ccc(Cl)cc3)C2)S(C)(=O)=O)c1. The second-order valence-electron chi connectivity index (χ2n) is 9.65. The van der Waals surface area contributed by atoms with Gasteiger partial charge in [-0.3, -0.25) is 14.0 Å². The van der Waals surface area contributed by atoms with Crippen LogP contribution in [0.25, 0.3) is 0 Å². The molecule has 0 aromatic heterocycles. The van der Waals surface area contributed by atoms with Crippen molar-refractivity contribution in [2.24, 2.45) is 0 Å². The maximum atomic E-state index is 13.1. The fourth-order valence-corrected chi connectivity index (χ4v) is 6.15. The molecule has 1 aliphatic rings. The van der Waals surface area contributed by atoms with Gasteiger partial charge in [-0.25, -0.2) is 8.42 Å². The number of methoxy groups -OCH3 is 1. The van der Waals surface area contributed by atoms with Crippen LogP contribution in [0.3, 0.4) is 0 Å². The van der Waals surface area contributed by atoms with Crippen LogP contribution >= 0.6 is 23.2 Å². The van der Waals surface area contributed by atoms with Gasteiger partial charge in [0, 0.05) is 40.8 Å². The molecule has 2 N–H and O–H groups in total. The van der Waals surface area contributed by atoms with Gasteiger partial charge in [0.2, 0.25) is 10.0 Å². The average molecular weight is 593 g/mol. The van der Waals surface area contributed by atoms with E-state index in [9.17, 15) is 18.3 Å². The minimum Gasteiger partial charge on any atom is -0.497 e. The summed E-state index contributed by atoms with van der Waals surface area (Å²) in [6.07, 6.45) is 1.15. The molecule has 4 rings (SSSR count). The number of benzene rings is 3. The number of anilines is 1. The van der Waals surface area contributed by atoms with Crippen molar-refractivity contribution in [2.75, 3.05) is 37.4 Å². The number of likely N-dealkylation sites (tertiary alicyclic amines) is 1. The Balaban J connectivity index is 1.65. The van der Waals surface area contributed by atoms with Gasteiger partial charge in [0.15, 0.2) is 0 Å². The van der Waals surface area contributed by atoms with E-state index < -0.39 is 22.0 Å². The molecule has 8 nitrogen and oxygen atoms in total. The highest BCUT2D eigenvalue weighted by Gasteiger charge is 2.41. The van der Waals surface area contributed by atoms with Crippen molar-refractivity contribution >= 4 is 44.8 Å². The van der Waals surface area contributed by atoms with Crippen molar-refractivity contribution in [1.29, 1.82) is 0 Å². The largest absolute Gasteiger partial charge is 0.497 e. The maximum Gasteiger partial charge on any atom is 0.251 e. The van der Waals surface area contributed by atoms with Crippen molar-refractivity contribution in [3.05, 3.63) is 93.5 Å². The number of carbonyl (C=O) groups excluding carboxylic acids is 1. The van der Waals surface area contributed by atoms with E-state index in [0.29, 0.717) is 34.6 Å². The van der Waals surface area contributed by atoms with E-state index in [-0.39, 0.29) is 24.3 Å². The molecule has 39 heavy (non-hydrogen) atoms. The molecule has 3 aromatic carbocycles. The number of ether oxygens (including phenoxy) is 1. The highest BCUT2D eigenvalue weighted by Crippen LogP contribution is 2.37. The van der Waals surface area contributed by atoms with Crippen LogP contribution in [0, 0.1) is 0 Å². The number of aliphatic hydroxyl groups excluding tert-OH is 1. The van der Waals surface area contributed by atoms with E-state index in [4.69, 9.17) is 27.9 Å². The summed E-state index contributed by atoms with van der Waals surface area (Å²) >= 11 is 12.3. The van der Waals surface area contributed by atoms with Crippen LogP contribution in [-0.2, 0) is 10.0 Å². The van der Waals surface area contributed by atoms with E-state index in [1.54, 1.807) is 13.0 Å². The zero-order chi connectivity index (χ0) is 28.3. The Hall–Kier alpha value is -2.82. The number of nitrogens with zero attached hydrogens (tertiary/aromatic N) is 2. The van der Waals surface area contributed by atoms with Crippen LogP contribution in [0.15, 0.2) is 66.7 Å². The summed E-state index contributed by atoms with van der Waals surface area (Å²) in [6.45, 7) is 2.34. The van der Waals surface area contributed by atoms with E-state index in [2.05, 4.69) is 10.2 Å². The average Bonchev–Trinajstić information content (AvgIpc) is 2.88. The fourth-order valence-electron chi connectivity index (χ4n) is 4.74. The lowest BCUT2D eigenvalue weighted by Crippen LogP contribution is -2.61. The van der Waals surface area contributed by atoms with Crippen molar-refractivity contribution < 1.29 is 23.1 Å². The van der Waals surface area contributed by atoms with E-state index in [1.165, 1.54) is 23.5 Å². The first-order valence-electron chi connectivity index (χ1n) is 12.4. The molecule has 0 spiro atoms. The molecule has 3 aromatic rings. The maximum absolute atomic E-state index is 13.1. The van der Waals surface area contributed by atoms with Crippen molar-refractivity contribution in [1.82, 2.24) is 10.2 Å². The number of rotatable bonds is 10. The van der Waals surface area contributed by atoms with E-state index >= 15 is 0 Å². The fraction of sp³-hybridized carbons (Fsp3) is 0.321. The molecule has 0 aliphatic carbocycles. The second kappa shape index (κ2) is 12.1. The zero-order valence-electron chi connectivity index (χ0n) is 21.8. The number of aliphatic hydroxyl groups is 1. The zero-order valence-corrected chi connectivity index (χ0v) is 24.2. The van der Waals surface area contributed by atoms with E-state index in [0.717, 1.165) is 17.4 Å². The monoisotopic (exact) mass is 591 g/mol. The molecule has 1 heterocycles. The summed E-state index contributed by atoms with van der Waals surface area (Å²) < 4.78 is 32.9. The molecule has 1 aliphatic heterocycles. The van der Waals surface area contributed by atoms with Gasteiger partial charge in [0.25, 0.3) is 5.91 Å². The van der Waals surface area contributed by atoms with Crippen LogP contribution in [0.4, 0.5) is 5.69 Å². The highest BCUT2D eigenvalue weighted by molar-refractivity contribution is 7.92. The van der Waals surface area contributed by atoms with Gasteiger partial charge in [0.1, 0.15) is 5.75 Å². The number of sulfonamides is 1. The lowest BCUT2D eigenvalue weighted by Gasteiger charge is -2.48. The Morgan fingerprint density at radius 1 is 1.05 bits per heavy atom. The molecule has 208 valence electrons. The lowest BCUT2D eigenvalue weighted by molar-refractivity contribution is 0.0921. The predicted octanol–water partition coefficient (Wildman–Crippen LogP) is 4.35. The molecular weight excluding hydrogens is 561 g/mol. The van der Waals surface area contributed by atoms with Crippen LogP contribution in [0.5, 0.6) is 5.75 Å². The third-order valence-corrected chi connectivity index (χ3v) is 8.34. The van der Waals surface area contributed by atoms with Crippen molar-refractivity contribution in [2.45, 2.75) is 25.0 Å². The Morgan fingerprint density at radius 2 is 1.59 bits per heavy atom. The molecule has 1 saturated heterocycles. The summed E-state index contributed by atoms with van der Waals surface area (Å²) in [4.78, 5) is 15.0. The van der Waals surface area contributed by atoms with Gasteiger partial charge < -0.3 is 15.2 Å². The number of hydrogen-bond donors (Lipinski definition) is 2. The lowest BCUT2D eigenvalue weighted by atomic mass is 9.93. The Kier molecular flexibility index (Phi) is 9.08. The normalized spacial score (nSPS) is 15.1. The van der Waals surface area contributed by atoms with Crippen LogP contribution in [0.1, 0.15) is 34.5 Å². The minimum atomic E-state index is -3.72. The topological polar surface area (TPSA) is 99.2 Å². The summed E-state index contributed by atoms with van der Waals surface area (Å²) in [7, 11) is -2.26. The molecule has 11 heteroatoms. The Labute approximate surface area is 239 Å². The van der Waals surface area contributed by atoms with Crippen molar-refractivity contribution in [3.8, 4) is 5.75 Å². The number of halogens is 2. The number of carbonyl (C=O) groups is 1. The van der Waals surface area contributed by atoms with Crippen LogP contribution in [-0.4, -0.2) is 69.5 Å². The van der Waals surface area contributed by atoms with E-state index in [1.807, 2.05) is 48.5 Å². The molecule has 1 atom stereocenters. The Bertz CT molecular complexity index is 1370. The number of amides is 1. The second-order valence-corrected chi connectivity index (χ2v) is 12.4. The van der Waals surface area contributed by atoms with Crippen molar-refractivity contribution in [3.63, 3.8) is 0 Å². The molecule has 0 unspecified atom stereocenters. The summed E-state index contributed by atoms with van der Waals surface area (Å²) in [6, 6.07) is 18.9. The van der Waals surface area contributed by atoms with Crippen LogP contribution in [0.2, 0.25) is 10.0 Å². The quantitative estimate of drug-likeness (QED) is 0.363. The predicted molar refractivity (Wildman–Crippen MR) is 154 cm³/mol.